The van der Waals surface area contributed by atoms with Gasteiger partial charge in [0.25, 0.3) is 6.43 Å². The van der Waals surface area contributed by atoms with Crippen molar-refractivity contribution in [3.8, 4) is 0 Å². The van der Waals surface area contributed by atoms with Crippen LogP contribution >= 0.6 is 11.6 Å². The highest BCUT2D eigenvalue weighted by atomic mass is 35.5. The molecule has 0 aromatic heterocycles. The number of hydrogen-bond acceptors (Lipinski definition) is 2. The molecule has 1 aromatic carbocycles. The van der Waals surface area contributed by atoms with Crippen molar-refractivity contribution >= 4 is 11.6 Å². The van der Waals surface area contributed by atoms with E-state index in [1.165, 1.54) is 12.1 Å². The third-order valence-corrected chi connectivity index (χ3v) is 2.66. The topological polar surface area (TPSA) is 29.5 Å². The average molecular weight is 283 g/mol. The van der Waals surface area contributed by atoms with Gasteiger partial charge in [-0.25, -0.2) is 13.2 Å². The van der Waals surface area contributed by atoms with Gasteiger partial charge in [-0.3, -0.25) is 0 Å². The third kappa shape index (κ3) is 5.71. The average Bonchev–Trinajstić information content (AvgIpc) is 2.28. The van der Waals surface area contributed by atoms with Crippen LogP contribution in [0.1, 0.15) is 12.0 Å². The summed E-state index contributed by atoms with van der Waals surface area (Å²) in [4.78, 5) is 0. The van der Waals surface area contributed by atoms with Crippen molar-refractivity contribution in [3.63, 3.8) is 0 Å². The van der Waals surface area contributed by atoms with Crippen LogP contribution < -0.4 is 0 Å². The molecule has 6 heteroatoms. The summed E-state index contributed by atoms with van der Waals surface area (Å²) in [7, 11) is 0. The molecule has 1 atom stereocenters. The molecule has 0 fully saturated rings. The molecule has 1 unspecified atom stereocenters. The maximum atomic E-state index is 12.8. The first-order chi connectivity index (χ1) is 8.49. The van der Waals surface area contributed by atoms with E-state index >= 15 is 0 Å². The lowest BCUT2D eigenvalue weighted by atomic mass is 10.1. The highest BCUT2D eigenvalue weighted by Gasteiger charge is 2.10. The van der Waals surface area contributed by atoms with Crippen molar-refractivity contribution in [2.75, 3.05) is 13.2 Å². The minimum Gasteiger partial charge on any atom is -0.393 e. The largest absolute Gasteiger partial charge is 0.393 e. The Morgan fingerprint density at radius 2 is 2.06 bits per heavy atom. The Balaban J connectivity index is 2.33. The van der Waals surface area contributed by atoms with Crippen LogP contribution in [-0.4, -0.2) is 30.8 Å². The number of hydrogen-bond donors (Lipinski definition) is 1. The quantitative estimate of drug-likeness (QED) is 0.779. The lowest BCUT2D eigenvalue weighted by molar-refractivity contribution is 0.00512. The maximum absolute atomic E-state index is 12.8. The van der Waals surface area contributed by atoms with Gasteiger partial charge in [-0.15, -0.1) is 0 Å². The molecule has 2 nitrogen and oxygen atoms in total. The van der Waals surface area contributed by atoms with E-state index in [1.807, 2.05) is 0 Å². The van der Waals surface area contributed by atoms with E-state index in [-0.39, 0.29) is 24.5 Å². The lowest BCUT2D eigenvalue weighted by Gasteiger charge is -2.12. The highest BCUT2D eigenvalue weighted by Crippen LogP contribution is 2.19. The molecule has 18 heavy (non-hydrogen) atoms. The van der Waals surface area contributed by atoms with Crippen molar-refractivity contribution in [2.45, 2.75) is 25.4 Å². The van der Waals surface area contributed by atoms with Crippen LogP contribution in [0.5, 0.6) is 0 Å². The Bertz CT molecular complexity index is 374. The van der Waals surface area contributed by atoms with Gasteiger partial charge in [-0.2, -0.15) is 0 Å². The standard InChI is InChI=1S/C12H14ClF3O2/c13-11-6-9(14)2-1-8(11)5-10(17)3-4-18-7-12(15)16/h1-2,6,10,12,17H,3-5,7H2. The molecule has 0 radical (unpaired) electrons. The second-order valence-corrected chi connectivity index (χ2v) is 4.26. The van der Waals surface area contributed by atoms with E-state index < -0.39 is 25.0 Å². The fourth-order valence-electron chi connectivity index (χ4n) is 1.43. The van der Waals surface area contributed by atoms with Crippen molar-refractivity contribution in [3.05, 3.63) is 34.6 Å². The van der Waals surface area contributed by atoms with E-state index in [1.54, 1.807) is 0 Å². The van der Waals surface area contributed by atoms with Gasteiger partial charge in [0.1, 0.15) is 12.4 Å². The van der Waals surface area contributed by atoms with Crippen LogP contribution in [0, 0.1) is 5.82 Å². The number of aliphatic hydroxyl groups excluding tert-OH is 1. The second-order valence-electron chi connectivity index (χ2n) is 3.85. The van der Waals surface area contributed by atoms with Gasteiger partial charge in [0.05, 0.1) is 6.10 Å². The molecule has 1 aromatic rings. The molecule has 1 N–H and O–H groups in total. The van der Waals surface area contributed by atoms with Crippen molar-refractivity contribution in [1.29, 1.82) is 0 Å². The summed E-state index contributed by atoms with van der Waals surface area (Å²) >= 11 is 5.79. The molecule has 0 amide bonds. The number of aliphatic hydroxyl groups is 1. The van der Waals surface area contributed by atoms with Crippen LogP contribution in [0.25, 0.3) is 0 Å². The van der Waals surface area contributed by atoms with Gasteiger partial charge in [0, 0.05) is 11.6 Å². The van der Waals surface area contributed by atoms with Gasteiger partial charge in [-0.05, 0) is 30.5 Å². The summed E-state index contributed by atoms with van der Waals surface area (Å²) in [6, 6.07) is 3.90. The fourth-order valence-corrected chi connectivity index (χ4v) is 1.68. The first-order valence-corrected chi connectivity index (χ1v) is 5.84. The Kier molecular flexibility index (Phi) is 6.46. The van der Waals surface area contributed by atoms with Gasteiger partial charge >= 0.3 is 0 Å². The minimum absolute atomic E-state index is 0.0460. The molecule has 0 aliphatic carbocycles. The second kappa shape index (κ2) is 7.61. The van der Waals surface area contributed by atoms with Crippen LogP contribution in [-0.2, 0) is 11.2 Å². The maximum Gasteiger partial charge on any atom is 0.261 e. The Morgan fingerprint density at radius 1 is 1.33 bits per heavy atom. The number of rotatable bonds is 7. The smallest absolute Gasteiger partial charge is 0.261 e. The van der Waals surface area contributed by atoms with Crippen molar-refractivity contribution in [2.24, 2.45) is 0 Å². The molecular formula is C12H14ClF3O2. The fraction of sp³-hybridized carbons (Fsp3) is 0.500. The highest BCUT2D eigenvalue weighted by molar-refractivity contribution is 6.31. The van der Waals surface area contributed by atoms with Gasteiger partial charge in [0.15, 0.2) is 0 Å². The zero-order chi connectivity index (χ0) is 13.5. The van der Waals surface area contributed by atoms with Gasteiger partial charge in [-0.1, -0.05) is 17.7 Å². The molecule has 0 bridgehead atoms. The summed E-state index contributed by atoms with van der Waals surface area (Å²) < 4.78 is 40.9. The molecule has 0 saturated carbocycles. The van der Waals surface area contributed by atoms with Gasteiger partial charge in [0.2, 0.25) is 0 Å². The zero-order valence-corrected chi connectivity index (χ0v) is 10.3. The molecular weight excluding hydrogens is 269 g/mol. The van der Waals surface area contributed by atoms with E-state index in [4.69, 9.17) is 11.6 Å². The predicted molar refractivity (Wildman–Crippen MR) is 62.6 cm³/mol. The predicted octanol–water partition coefficient (Wildman–Crippen LogP) is 3.05. The summed E-state index contributed by atoms with van der Waals surface area (Å²) in [5, 5.41) is 9.88. The molecule has 0 aliphatic heterocycles. The van der Waals surface area contributed by atoms with E-state index in [9.17, 15) is 18.3 Å². The molecule has 1 rings (SSSR count). The Hall–Kier alpha value is -0.780. The lowest BCUT2D eigenvalue weighted by Crippen LogP contribution is -2.15. The zero-order valence-electron chi connectivity index (χ0n) is 9.58. The first kappa shape index (κ1) is 15.3. The van der Waals surface area contributed by atoms with Crippen LogP contribution in [0.15, 0.2) is 18.2 Å². The summed E-state index contributed by atoms with van der Waals surface area (Å²) in [5.41, 5.74) is 0.611. The van der Waals surface area contributed by atoms with E-state index in [0.29, 0.717) is 5.56 Å². The Labute approximate surface area is 108 Å². The summed E-state index contributed by atoms with van der Waals surface area (Å²) in [6.07, 6.45) is -2.81. The van der Waals surface area contributed by atoms with Crippen molar-refractivity contribution in [1.82, 2.24) is 0 Å². The number of alkyl halides is 2. The van der Waals surface area contributed by atoms with Crippen LogP contribution in [0.3, 0.4) is 0 Å². The normalized spacial score (nSPS) is 13.0. The van der Waals surface area contributed by atoms with E-state index in [2.05, 4.69) is 4.74 Å². The molecule has 0 heterocycles. The molecule has 0 saturated heterocycles. The van der Waals surface area contributed by atoms with Gasteiger partial charge < -0.3 is 9.84 Å². The molecule has 102 valence electrons. The SMILES string of the molecule is OC(CCOCC(F)F)Cc1ccc(F)cc1Cl. The minimum atomic E-state index is -2.51. The summed E-state index contributed by atoms with van der Waals surface area (Å²) in [6.45, 7) is -0.589. The van der Waals surface area contributed by atoms with E-state index in [0.717, 1.165) is 6.07 Å². The first-order valence-electron chi connectivity index (χ1n) is 5.47. The number of halogens is 4. The van der Waals surface area contributed by atoms with Crippen LogP contribution in [0.4, 0.5) is 13.2 Å². The number of benzene rings is 1. The third-order valence-electron chi connectivity index (χ3n) is 2.31. The molecule has 0 spiro atoms. The number of ether oxygens (including phenoxy) is 1. The molecule has 0 aliphatic rings. The van der Waals surface area contributed by atoms with Crippen LogP contribution in [0.2, 0.25) is 5.02 Å². The summed E-state index contributed by atoms with van der Waals surface area (Å²) in [5.74, 6) is -0.446. The monoisotopic (exact) mass is 282 g/mol. The Morgan fingerprint density at radius 3 is 2.67 bits per heavy atom. The van der Waals surface area contributed by atoms with Crippen molar-refractivity contribution < 1.29 is 23.0 Å².